The molecule has 51 valence electrons. The Morgan fingerprint density at radius 1 is 1.44 bits per heavy atom. The van der Waals surface area contributed by atoms with Crippen molar-refractivity contribution in [2.45, 2.75) is 20.8 Å². The summed E-state index contributed by atoms with van der Waals surface area (Å²) in [6, 6.07) is 0. The van der Waals surface area contributed by atoms with Crippen molar-refractivity contribution in [3.05, 3.63) is 6.92 Å². The van der Waals surface area contributed by atoms with Gasteiger partial charge in [-0.05, 0) is 6.92 Å². The van der Waals surface area contributed by atoms with Gasteiger partial charge in [0.05, 0.1) is 0 Å². The van der Waals surface area contributed by atoms with Crippen molar-refractivity contribution in [1.29, 1.82) is 0 Å². The molecule has 1 radical (unpaired) electrons. The van der Waals surface area contributed by atoms with Crippen LogP contribution in [0.3, 0.4) is 0 Å². The first-order valence-corrected chi connectivity index (χ1v) is 2.89. The first-order valence-electron chi connectivity index (χ1n) is 2.89. The third-order valence-corrected chi connectivity index (χ3v) is 1.33. The van der Waals surface area contributed by atoms with Gasteiger partial charge in [0.2, 0.25) is 0 Å². The fourth-order valence-corrected chi connectivity index (χ4v) is 0.469. The summed E-state index contributed by atoms with van der Waals surface area (Å²) in [5.41, 5.74) is 0. The Morgan fingerprint density at radius 3 is 1.78 bits per heavy atom. The van der Waals surface area contributed by atoms with Gasteiger partial charge in [0, 0.05) is 32.7 Å². The van der Waals surface area contributed by atoms with E-state index in [1.807, 2.05) is 13.8 Å². The third-order valence-electron chi connectivity index (χ3n) is 1.33. The number of carbonyl (C=O) groups is 1. The maximum absolute atomic E-state index is 10.5. The van der Waals surface area contributed by atoms with E-state index in [2.05, 4.69) is 6.92 Å². The van der Waals surface area contributed by atoms with Crippen molar-refractivity contribution in [3.63, 3.8) is 0 Å². The van der Waals surface area contributed by atoms with Crippen molar-refractivity contribution >= 4 is 5.78 Å². The van der Waals surface area contributed by atoms with Gasteiger partial charge in [-0.15, -0.1) is 5.92 Å². The molecular weight excluding hydrogens is 189 g/mol. The minimum Gasteiger partial charge on any atom is -0.333 e. The van der Waals surface area contributed by atoms with Crippen molar-refractivity contribution in [1.82, 2.24) is 0 Å². The number of rotatable bonds is 2. The second-order valence-electron chi connectivity index (χ2n) is 2.46. The van der Waals surface area contributed by atoms with Gasteiger partial charge in [0.25, 0.3) is 0 Å². The fraction of sp³-hybridized carbons (Fsp3) is 0.714. The summed E-state index contributed by atoms with van der Waals surface area (Å²) in [7, 11) is 0. The zero-order chi connectivity index (χ0) is 6.73. The first kappa shape index (κ1) is 12.5. The van der Waals surface area contributed by atoms with Crippen LogP contribution < -0.4 is 0 Å². The Balaban J connectivity index is 0. The smallest absolute Gasteiger partial charge is 0.103 e. The summed E-state index contributed by atoms with van der Waals surface area (Å²) in [6.45, 7) is 9.27. The van der Waals surface area contributed by atoms with Crippen LogP contribution in [0.1, 0.15) is 20.8 Å². The summed E-state index contributed by atoms with van der Waals surface area (Å²) in [4.78, 5) is 10.5. The molecule has 0 fully saturated rings. The molecule has 0 amide bonds. The fourth-order valence-electron chi connectivity index (χ4n) is 0.469. The molecule has 0 heterocycles. The van der Waals surface area contributed by atoms with Crippen molar-refractivity contribution in [2.75, 3.05) is 0 Å². The minimum atomic E-state index is -0.0185. The summed E-state index contributed by atoms with van der Waals surface area (Å²) in [5.74, 6) is 0.544. The van der Waals surface area contributed by atoms with Gasteiger partial charge in [0.15, 0.2) is 0 Å². The van der Waals surface area contributed by atoms with Crippen LogP contribution >= 0.6 is 0 Å². The average Bonchev–Trinajstić information content (AvgIpc) is 1.64. The number of ketones is 1. The zero-order valence-corrected chi connectivity index (χ0v) is 9.19. The van der Waals surface area contributed by atoms with Gasteiger partial charge >= 0.3 is 0 Å². The molecule has 0 unspecified atom stereocenters. The number of hydrogen-bond donors (Lipinski definition) is 0. The predicted octanol–water partition coefficient (Wildman–Crippen LogP) is 1.68. The van der Waals surface area contributed by atoms with Gasteiger partial charge in [-0.25, -0.2) is 0 Å². The SMILES string of the molecule is [CH2-][C@H](C(C)=O)C(C)C.[Y]. The average molecular weight is 202 g/mol. The van der Waals surface area contributed by atoms with Gasteiger partial charge in [-0.2, -0.15) is 0 Å². The Labute approximate surface area is 82.5 Å². The largest absolute Gasteiger partial charge is 0.333 e. The van der Waals surface area contributed by atoms with E-state index in [9.17, 15) is 4.79 Å². The maximum Gasteiger partial charge on any atom is 0.103 e. The van der Waals surface area contributed by atoms with Gasteiger partial charge < -0.3 is 11.7 Å². The number of carbonyl (C=O) groups excluding carboxylic acids is 1. The van der Waals surface area contributed by atoms with Crippen LogP contribution in [0.15, 0.2) is 0 Å². The van der Waals surface area contributed by atoms with Crippen LogP contribution in [0.5, 0.6) is 0 Å². The summed E-state index contributed by atoms with van der Waals surface area (Å²) >= 11 is 0. The molecule has 0 aliphatic rings. The van der Waals surface area contributed by atoms with E-state index in [0.717, 1.165) is 0 Å². The first-order chi connectivity index (χ1) is 3.55. The van der Waals surface area contributed by atoms with E-state index >= 15 is 0 Å². The molecule has 0 spiro atoms. The molecule has 0 aromatic rings. The molecule has 1 atom stereocenters. The van der Waals surface area contributed by atoms with E-state index < -0.39 is 0 Å². The number of Topliss-reactive ketones (excluding diaryl/α,β-unsaturated/α-hetero) is 1. The molecule has 0 aliphatic heterocycles. The Kier molecular flexibility index (Phi) is 7.68. The van der Waals surface area contributed by atoms with Crippen LogP contribution in [0.2, 0.25) is 0 Å². The Bertz CT molecular complexity index is 88.9. The molecule has 0 aromatic heterocycles. The standard InChI is InChI=1S/C7H13O.Y/c1-5(2)6(3)7(4)8;/h5-6H,3H2,1-2,4H3;/q-1;/t6-;/m0./s1. The van der Waals surface area contributed by atoms with E-state index in [0.29, 0.717) is 5.92 Å². The van der Waals surface area contributed by atoms with Crippen molar-refractivity contribution in [2.24, 2.45) is 11.8 Å². The molecule has 1 nitrogen and oxygen atoms in total. The molecule has 0 bridgehead atoms. The molecule has 0 N–H and O–H groups in total. The summed E-state index contributed by atoms with van der Waals surface area (Å²) in [5, 5.41) is 0. The molecule has 0 rings (SSSR count). The van der Waals surface area contributed by atoms with Crippen LogP contribution in [0.4, 0.5) is 0 Å². The monoisotopic (exact) mass is 202 g/mol. The minimum absolute atomic E-state index is 0. The molecule has 9 heavy (non-hydrogen) atoms. The van der Waals surface area contributed by atoms with Crippen LogP contribution in [0, 0.1) is 18.8 Å². The normalized spacial score (nSPS) is 12.6. The van der Waals surface area contributed by atoms with Crippen LogP contribution in [-0.2, 0) is 37.5 Å². The van der Waals surface area contributed by atoms with Crippen molar-refractivity contribution in [3.8, 4) is 0 Å². The predicted molar refractivity (Wildman–Crippen MR) is 34.4 cm³/mol. The van der Waals surface area contributed by atoms with Gasteiger partial charge in [-0.1, -0.05) is 19.8 Å². The van der Waals surface area contributed by atoms with Crippen LogP contribution in [0.25, 0.3) is 0 Å². The topological polar surface area (TPSA) is 17.1 Å². The Morgan fingerprint density at radius 2 is 1.78 bits per heavy atom. The molecule has 0 aromatic carbocycles. The van der Waals surface area contributed by atoms with Crippen LogP contribution in [-0.4, -0.2) is 5.78 Å². The zero-order valence-electron chi connectivity index (χ0n) is 6.35. The molecule has 0 saturated heterocycles. The van der Waals surface area contributed by atoms with Crippen molar-refractivity contribution < 1.29 is 37.5 Å². The second-order valence-corrected chi connectivity index (χ2v) is 2.46. The quantitative estimate of drug-likeness (QED) is 0.622. The van der Waals surface area contributed by atoms with Gasteiger partial charge in [0.1, 0.15) is 5.78 Å². The molecule has 2 heteroatoms. The second kappa shape index (κ2) is 5.55. The van der Waals surface area contributed by atoms with E-state index in [4.69, 9.17) is 0 Å². The maximum atomic E-state index is 10.5. The summed E-state index contributed by atoms with van der Waals surface area (Å²) < 4.78 is 0. The van der Waals surface area contributed by atoms with E-state index in [1.54, 1.807) is 6.92 Å². The molecule has 0 aliphatic carbocycles. The number of hydrogen-bond acceptors (Lipinski definition) is 1. The van der Waals surface area contributed by atoms with E-state index in [-0.39, 0.29) is 44.4 Å². The third kappa shape index (κ3) is 5.23. The van der Waals surface area contributed by atoms with E-state index in [1.165, 1.54) is 0 Å². The molecule has 0 saturated carbocycles. The summed E-state index contributed by atoms with van der Waals surface area (Å²) in [6.07, 6.45) is 0. The molecular formula is C7H13OY-. The Hall–Kier alpha value is 0.774. The van der Waals surface area contributed by atoms with Gasteiger partial charge in [-0.3, -0.25) is 0 Å².